The van der Waals surface area contributed by atoms with Crippen LogP contribution in [0.3, 0.4) is 0 Å². The Morgan fingerprint density at radius 3 is 3.00 bits per heavy atom. The van der Waals surface area contributed by atoms with E-state index in [2.05, 4.69) is 20.9 Å². The zero-order valence-corrected chi connectivity index (χ0v) is 13.1. The summed E-state index contributed by atoms with van der Waals surface area (Å²) in [4.78, 5) is 21.6. The van der Waals surface area contributed by atoms with Crippen LogP contribution in [0.2, 0.25) is 0 Å². The second-order valence-corrected chi connectivity index (χ2v) is 5.58. The van der Waals surface area contributed by atoms with Gasteiger partial charge in [0.1, 0.15) is 11.6 Å². The first-order chi connectivity index (χ1) is 10.7. The topological polar surface area (TPSA) is 58.2 Å². The Hall–Kier alpha value is -2.14. The molecule has 2 aromatic rings. The van der Waals surface area contributed by atoms with Crippen molar-refractivity contribution in [1.29, 1.82) is 0 Å². The molecule has 0 amide bonds. The van der Waals surface area contributed by atoms with Crippen molar-refractivity contribution < 1.29 is 4.74 Å². The minimum atomic E-state index is -0.00899. The maximum atomic E-state index is 12.1. The van der Waals surface area contributed by atoms with Gasteiger partial charge in [0.2, 0.25) is 0 Å². The van der Waals surface area contributed by atoms with Gasteiger partial charge in [-0.2, -0.15) is 0 Å². The van der Waals surface area contributed by atoms with E-state index in [9.17, 15) is 4.79 Å². The Labute approximate surface area is 130 Å². The van der Waals surface area contributed by atoms with E-state index in [1.165, 1.54) is 0 Å². The summed E-state index contributed by atoms with van der Waals surface area (Å²) in [5.41, 5.74) is 2.89. The average Bonchev–Trinajstić information content (AvgIpc) is 2.50. The van der Waals surface area contributed by atoms with Crippen LogP contribution >= 0.6 is 0 Å². The van der Waals surface area contributed by atoms with Crippen molar-refractivity contribution in [3.63, 3.8) is 0 Å². The normalized spacial score (nSPS) is 14.6. The molecule has 3 rings (SSSR count). The third kappa shape index (κ3) is 3.04. The van der Waals surface area contributed by atoms with Crippen LogP contribution in [0.5, 0.6) is 5.75 Å². The van der Waals surface area contributed by atoms with Crippen molar-refractivity contribution in [2.75, 3.05) is 13.2 Å². The van der Waals surface area contributed by atoms with Gasteiger partial charge < -0.3 is 9.72 Å². The van der Waals surface area contributed by atoms with Crippen molar-refractivity contribution in [3.8, 4) is 5.75 Å². The van der Waals surface area contributed by atoms with Crippen molar-refractivity contribution in [2.24, 2.45) is 0 Å². The number of aryl methyl sites for hydroxylation is 1. The van der Waals surface area contributed by atoms with E-state index >= 15 is 0 Å². The zero-order chi connectivity index (χ0) is 15.5. The van der Waals surface area contributed by atoms with Crippen LogP contribution in [0.25, 0.3) is 0 Å². The minimum Gasteiger partial charge on any atom is -0.494 e. The lowest BCUT2D eigenvalue weighted by atomic mass is 10.1. The molecule has 0 atom stereocenters. The maximum Gasteiger partial charge on any atom is 0.255 e. The molecule has 0 bridgehead atoms. The minimum absolute atomic E-state index is 0.00899. The third-order valence-electron chi connectivity index (χ3n) is 3.93. The number of hydrogen-bond donors (Lipinski definition) is 1. The Bertz CT molecular complexity index is 724. The summed E-state index contributed by atoms with van der Waals surface area (Å²) in [5, 5.41) is 0. The van der Waals surface area contributed by atoms with Crippen LogP contribution in [0.4, 0.5) is 0 Å². The number of aromatic nitrogens is 2. The molecule has 1 aromatic carbocycles. The summed E-state index contributed by atoms with van der Waals surface area (Å²) >= 11 is 0. The van der Waals surface area contributed by atoms with Crippen LogP contribution in [0, 0.1) is 6.92 Å². The molecule has 5 heteroatoms. The number of aromatic amines is 1. The van der Waals surface area contributed by atoms with Gasteiger partial charge in [-0.25, -0.2) is 4.98 Å². The van der Waals surface area contributed by atoms with Gasteiger partial charge in [-0.3, -0.25) is 9.69 Å². The Kier molecular flexibility index (Phi) is 4.24. The van der Waals surface area contributed by atoms with Gasteiger partial charge in [-0.1, -0.05) is 18.2 Å². The molecular weight excluding hydrogens is 278 g/mol. The lowest BCUT2D eigenvalue weighted by Crippen LogP contribution is -2.35. The van der Waals surface area contributed by atoms with Crippen LogP contribution in [-0.4, -0.2) is 28.0 Å². The lowest BCUT2D eigenvalue weighted by Gasteiger charge is -2.28. The molecule has 0 fully saturated rings. The highest BCUT2D eigenvalue weighted by Gasteiger charge is 2.21. The molecule has 0 aliphatic carbocycles. The first kappa shape index (κ1) is 14.8. The maximum absolute atomic E-state index is 12.1. The Morgan fingerprint density at radius 1 is 1.36 bits per heavy atom. The molecule has 2 heterocycles. The number of para-hydroxylation sites is 1. The summed E-state index contributed by atoms with van der Waals surface area (Å²) in [6, 6.07) is 8.08. The van der Waals surface area contributed by atoms with Crippen molar-refractivity contribution in [2.45, 2.75) is 33.4 Å². The summed E-state index contributed by atoms with van der Waals surface area (Å²) in [7, 11) is 0. The average molecular weight is 299 g/mol. The third-order valence-corrected chi connectivity index (χ3v) is 3.93. The van der Waals surface area contributed by atoms with Gasteiger partial charge in [0.15, 0.2) is 0 Å². The second-order valence-electron chi connectivity index (χ2n) is 5.58. The number of hydrogen-bond acceptors (Lipinski definition) is 4. The van der Waals surface area contributed by atoms with Gasteiger partial charge in [-0.05, 0) is 19.9 Å². The smallest absolute Gasteiger partial charge is 0.255 e. The molecule has 0 unspecified atom stereocenters. The van der Waals surface area contributed by atoms with E-state index < -0.39 is 0 Å². The van der Waals surface area contributed by atoms with Crippen LogP contribution in [0.1, 0.15) is 29.6 Å². The van der Waals surface area contributed by atoms with Crippen molar-refractivity contribution in [3.05, 3.63) is 57.3 Å². The highest BCUT2D eigenvalue weighted by atomic mass is 16.5. The Balaban J connectivity index is 1.80. The van der Waals surface area contributed by atoms with E-state index in [0.717, 1.165) is 42.1 Å². The molecule has 1 aliphatic heterocycles. The van der Waals surface area contributed by atoms with Crippen LogP contribution < -0.4 is 10.3 Å². The predicted octanol–water partition coefficient (Wildman–Crippen LogP) is 2.04. The highest BCUT2D eigenvalue weighted by Crippen LogP contribution is 2.22. The molecule has 116 valence electrons. The summed E-state index contributed by atoms with van der Waals surface area (Å²) in [6.45, 7) is 6.79. The molecule has 0 saturated heterocycles. The number of ether oxygens (including phenoxy) is 1. The summed E-state index contributed by atoms with van der Waals surface area (Å²) < 4.78 is 5.68. The molecular formula is C17H21N3O2. The van der Waals surface area contributed by atoms with Crippen molar-refractivity contribution in [1.82, 2.24) is 14.9 Å². The predicted molar refractivity (Wildman–Crippen MR) is 85.0 cm³/mol. The van der Waals surface area contributed by atoms with Gasteiger partial charge in [0, 0.05) is 31.6 Å². The standard InChI is InChI=1S/C17H21N3O2/c1-3-22-16-7-5-4-6-13(16)10-20-9-8-15-14(11-20)17(21)19-12(2)18-15/h4-7H,3,8-11H2,1-2H3,(H,18,19,21). The monoisotopic (exact) mass is 299 g/mol. The summed E-state index contributed by atoms with van der Waals surface area (Å²) in [6.07, 6.45) is 0.816. The lowest BCUT2D eigenvalue weighted by molar-refractivity contribution is 0.235. The molecule has 0 spiro atoms. The number of fused-ring (bicyclic) bond motifs is 1. The Morgan fingerprint density at radius 2 is 2.18 bits per heavy atom. The molecule has 5 nitrogen and oxygen atoms in total. The fourth-order valence-electron chi connectivity index (χ4n) is 2.91. The number of nitrogens with one attached hydrogen (secondary N) is 1. The number of nitrogens with zero attached hydrogens (tertiary/aromatic N) is 2. The first-order valence-corrected chi connectivity index (χ1v) is 7.69. The van der Waals surface area contributed by atoms with Gasteiger partial charge >= 0.3 is 0 Å². The largest absolute Gasteiger partial charge is 0.494 e. The van der Waals surface area contributed by atoms with E-state index in [-0.39, 0.29) is 5.56 Å². The number of H-pyrrole nitrogens is 1. The summed E-state index contributed by atoms with van der Waals surface area (Å²) in [5.74, 6) is 1.62. The van der Waals surface area contributed by atoms with E-state index in [1.54, 1.807) is 0 Å². The van der Waals surface area contributed by atoms with Gasteiger partial charge in [0.05, 0.1) is 17.9 Å². The van der Waals surface area contributed by atoms with Gasteiger partial charge in [-0.15, -0.1) is 0 Å². The molecule has 0 radical (unpaired) electrons. The second kappa shape index (κ2) is 6.32. The van der Waals surface area contributed by atoms with E-state index in [0.29, 0.717) is 19.0 Å². The number of rotatable bonds is 4. The van der Waals surface area contributed by atoms with Crippen LogP contribution in [0.15, 0.2) is 29.1 Å². The SMILES string of the molecule is CCOc1ccccc1CN1CCc2nc(C)[nH]c(=O)c2C1. The van der Waals surface area contributed by atoms with Crippen molar-refractivity contribution >= 4 is 0 Å². The molecule has 1 aromatic heterocycles. The van der Waals surface area contributed by atoms with Gasteiger partial charge in [0.25, 0.3) is 5.56 Å². The molecule has 1 aliphatic rings. The molecule has 22 heavy (non-hydrogen) atoms. The van der Waals surface area contributed by atoms with E-state index in [4.69, 9.17) is 4.74 Å². The van der Waals surface area contributed by atoms with Crippen LogP contribution in [-0.2, 0) is 19.5 Å². The molecule has 1 N–H and O–H groups in total. The quantitative estimate of drug-likeness (QED) is 0.938. The van der Waals surface area contributed by atoms with E-state index in [1.807, 2.05) is 32.0 Å². The highest BCUT2D eigenvalue weighted by molar-refractivity contribution is 5.33. The zero-order valence-electron chi connectivity index (χ0n) is 13.1. The fourth-order valence-corrected chi connectivity index (χ4v) is 2.91. The fraction of sp³-hybridized carbons (Fsp3) is 0.412. The number of benzene rings is 1. The first-order valence-electron chi connectivity index (χ1n) is 7.69. The molecule has 0 saturated carbocycles.